The van der Waals surface area contributed by atoms with Crippen LogP contribution >= 0.6 is 0 Å². The molecule has 0 aromatic carbocycles. The van der Waals surface area contributed by atoms with E-state index in [4.69, 9.17) is 5.11 Å². The first-order chi connectivity index (χ1) is 5.34. The summed E-state index contributed by atoms with van der Waals surface area (Å²) in [5.74, 6) is 0. The molecule has 0 unspecified atom stereocenters. The van der Waals surface area contributed by atoms with Crippen molar-refractivity contribution in [1.29, 1.82) is 0 Å². The largest absolute Gasteiger partial charge is 0.396 e. The lowest BCUT2D eigenvalue weighted by Gasteiger charge is -1.92. The maximum Gasteiger partial charge on any atom is 0.0603 e. The van der Waals surface area contributed by atoms with Gasteiger partial charge in [0, 0.05) is 19.9 Å². The van der Waals surface area contributed by atoms with Crippen molar-refractivity contribution in [2.45, 2.75) is 6.42 Å². The SMILES string of the molecule is Cn1nccc1C=CCCO. The van der Waals surface area contributed by atoms with Crippen molar-refractivity contribution in [2.75, 3.05) is 6.61 Å². The van der Waals surface area contributed by atoms with Gasteiger partial charge in [-0.2, -0.15) is 5.10 Å². The second kappa shape index (κ2) is 3.93. The third-order valence-electron chi connectivity index (χ3n) is 1.44. The fourth-order valence-corrected chi connectivity index (χ4v) is 0.826. The summed E-state index contributed by atoms with van der Waals surface area (Å²) in [5.41, 5.74) is 1.05. The molecule has 60 valence electrons. The van der Waals surface area contributed by atoms with Gasteiger partial charge in [-0.25, -0.2) is 0 Å². The second-order valence-corrected chi connectivity index (χ2v) is 2.29. The van der Waals surface area contributed by atoms with Crippen molar-refractivity contribution in [2.24, 2.45) is 7.05 Å². The predicted octanol–water partition coefficient (Wildman–Crippen LogP) is 0.816. The van der Waals surface area contributed by atoms with Crippen molar-refractivity contribution in [3.8, 4) is 0 Å². The monoisotopic (exact) mass is 152 g/mol. The van der Waals surface area contributed by atoms with E-state index in [2.05, 4.69) is 5.10 Å². The van der Waals surface area contributed by atoms with Crippen LogP contribution in [-0.4, -0.2) is 21.5 Å². The van der Waals surface area contributed by atoms with Crippen LogP contribution < -0.4 is 0 Å². The molecule has 3 nitrogen and oxygen atoms in total. The highest BCUT2D eigenvalue weighted by Gasteiger charge is 1.89. The van der Waals surface area contributed by atoms with Gasteiger partial charge in [0.15, 0.2) is 0 Å². The number of aliphatic hydroxyl groups excluding tert-OH is 1. The van der Waals surface area contributed by atoms with E-state index < -0.39 is 0 Å². The molecule has 0 bridgehead atoms. The molecule has 0 aliphatic heterocycles. The Morgan fingerprint density at radius 2 is 2.55 bits per heavy atom. The van der Waals surface area contributed by atoms with Gasteiger partial charge in [-0.3, -0.25) is 4.68 Å². The van der Waals surface area contributed by atoms with Gasteiger partial charge in [0.2, 0.25) is 0 Å². The molecule has 11 heavy (non-hydrogen) atoms. The number of hydrogen-bond acceptors (Lipinski definition) is 2. The van der Waals surface area contributed by atoms with Gasteiger partial charge in [0.1, 0.15) is 0 Å². The molecule has 0 aliphatic carbocycles. The van der Waals surface area contributed by atoms with E-state index in [1.807, 2.05) is 25.3 Å². The van der Waals surface area contributed by atoms with Gasteiger partial charge in [0.25, 0.3) is 0 Å². The third kappa shape index (κ3) is 2.20. The molecule has 1 rings (SSSR count). The second-order valence-electron chi connectivity index (χ2n) is 2.29. The van der Waals surface area contributed by atoms with Crippen LogP contribution in [0.15, 0.2) is 18.3 Å². The molecule has 1 N–H and O–H groups in total. The van der Waals surface area contributed by atoms with E-state index >= 15 is 0 Å². The van der Waals surface area contributed by atoms with Crippen molar-refractivity contribution in [3.05, 3.63) is 24.0 Å². The summed E-state index contributed by atoms with van der Waals surface area (Å²) in [6.07, 6.45) is 6.32. The van der Waals surface area contributed by atoms with Crippen molar-refractivity contribution < 1.29 is 5.11 Å². The fourth-order valence-electron chi connectivity index (χ4n) is 0.826. The van der Waals surface area contributed by atoms with E-state index in [-0.39, 0.29) is 6.61 Å². The van der Waals surface area contributed by atoms with Crippen molar-refractivity contribution in [3.63, 3.8) is 0 Å². The van der Waals surface area contributed by atoms with Gasteiger partial charge >= 0.3 is 0 Å². The first-order valence-electron chi connectivity index (χ1n) is 3.60. The van der Waals surface area contributed by atoms with Gasteiger partial charge in [-0.1, -0.05) is 6.08 Å². The van der Waals surface area contributed by atoms with Gasteiger partial charge < -0.3 is 5.11 Å². The Bertz CT molecular complexity index is 240. The number of aromatic nitrogens is 2. The molecule has 0 saturated heterocycles. The molecule has 3 heteroatoms. The normalized spacial score (nSPS) is 11.1. The molecule has 0 amide bonds. The molecular formula is C8H12N2O. The van der Waals surface area contributed by atoms with E-state index in [1.54, 1.807) is 10.9 Å². The number of aliphatic hydroxyl groups is 1. The maximum atomic E-state index is 8.49. The Kier molecular flexibility index (Phi) is 2.86. The Morgan fingerprint density at radius 3 is 3.09 bits per heavy atom. The summed E-state index contributed by atoms with van der Waals surface area (Å²) in [7, 11) is 1.89. The summed E-state index contributed by atoms with van der Waals surface area (Å²) in [6.45, 7) is 0.203. The smallest absolute Gasteiger partial charge is 0.0603 e. The Balaban J connectivity index is 2.56. The first kappa shape index (κ1) is 8.01. The Labute approximate surface area is 66.0 Å². The van der Waals surface area contributed by atoms with Crippen LogP contribution in [0.1, 0.15) is 12.1 Å². The highest BCUT2D eigenvalue weighted by Crippen LogP contribution is 1.99. The average molecular weight is 152 g/mol. The number of rotatable bonds is 3. The Morgan fingerprint density at radius 1 is 1.73 bits per heavy atom. The minimum absolute atomic E-state index is 0.203. The maximum absolute atomic E-state index is 8.49. The molecular weight excluding hydrogens is 140 g/mol. The van der Waals surface area contributed by atoms with Gasteiger partial charge in [0.05, 0.1) is 5.69 Å². The van der Waals surface area contributed by atoms with Gasteiger partial charge in [-0.15, -0.1) is 0 Å². The van der Waals surface area contributed by atoms with Crippen LogP contribution in [0, 0.1) is 0 Å². The zero-order chi connectivity index (χ0) is 8.10. The number of hydrogen-bond donors (Lipinski definition) is 1. The highest BCUT2D eigenvalue weighted by atomic mass is 16.2. The zero-order valence-electron chi connectivity index (χ0n) is 6.57. The lowest BCUT2D eigenvalue weighted by molar-refractivity contribution is 0.303. The molecule has 1 aromatic rings. The summed E-state index contributed by atoms with van der Waals surface area (Å²) in [5, 5.41) is 12.5. The lowest BCUT2D eigenvalue weighted by Crippen LogP contribution is -1.91. The van der Waals surface area contributed by atoms with E-state index in [1.165, 1.54) is 0 Å². The van der Waals surface area contributed by atoms with Crippen LogP contribution in [0.2, 0.25) is 0 Å². The fraction of sp³-hybridized carbons (Fsp3) is 0.375. The average Bonchev–Trinajstić information content (AvgIpc) is 2.37. The van der Waals surface area contributed by atoms with Crippen LogP contribution in [-0.2, 0) is 7.05 Å². The van der Waals surface area contributed by atoms with Crippen LogP contribution in [0.4, 0.5) is 0 Å². The van der Waals surface area contributed by atoms with Crippen LogP contribution in [0.3, 0.4) is 0 Å². The van der Waals surface area contributed by atoms with E-state index in [9.17, 15) is 0 Å². The minimum atomic E-state index is 0.203. The molecule has 0 fully saturated rings. The minimum Gasteiger partial charge on any atom is -0.396 e. The first-order valence-corrected chi connectivity index (χ1v) is 3.60. The van der Waals surface area contributed by atoms with Crippen molar-refractivity contribution >= 4 is 6.08 Å². The molecule has 0 saturated carbocycles. The molecule has 1 aromatic heterocycles. The Hall–Kier alpha value is -1.09. The molecule has 0 atom stereocenters. The highest BCUT2D eigenvalue weighted by molar-refractivity contribution is 5.43. The molecule has 1 heterocycles. The summed E-state index contributed by atoms with van der Waals surface area (Å²) >= 11 is 0. The zero-order valence-corrected chi connectivity index (χ0v) is 6.57. The number of aryl methyl sites for hydroxylation is 1. The van der Waals surface area contributed by atoms with E-state index in [0.717, 1.165) is 5.69 Å². The predicted molar refractivity (Wildman–Crippen MR) is 43.9 cm³/mol. The standard InChI is InChI=1S/C8H12N2O/c1-10-8(5-6-9-10)4-2-3-7-11/h2,4-6,11H,3,7H2,1H3. The van der Waals surface area contributed by atoms with E-state index in [0.29, 0.717) is 6.42 Å². The summed E-state index contributed by atoms with van der Waals surface area (Å²) in [6, 6.07) is 1.92. The third-order valence-corrected chi connectivity index (χ3v) is 1.44. The molecule has 0 spiro atoms. The molecule has 0 radical (unpaired) electrons. The van der Waals surface area contributed by atoms with Crippen molar-refractivity contribution in [1.82, 2.24) is 9.78 Å². The quantitative estimate of drug-likeness (QED) is 0.696. The van der Waals surface area contributed by atoms with Crippen LogP contribution in [0.5, 0.6) is 0 Å². The van der Waals surface area contributed by atoms with Gasteiger partial charge in [-0.05, 0) is 18.6 Å². The topological polar surface area (TPSA) is 38.0 Å². The number of nitrogens with zero attached hydrogens (tertiary/aromatic N) is 2. The van der Waals surface area contributed by atoms with Crippen LogP contribution in [0.25, 0.3) is 6.08 Å². The molecule has 0 aliphatic rings. The summed E-state index contributed by atoms with van der Waals surface area (Å²) < 4.78 is 1.79. The summed E-state index contributed by atoms with van der Waals surface area (Å²) in [4.78, 5) is 0. The lowest BCUT2D eigenvalue weighted by atomic mass is 10.3.